The summed E-state index contributed by atoms with van der Waals surface area (Å²) in [7, 11) is 0. The van der Waals surface area contributed by atoms with E-state index in [0.717, 1.165) is 54.3 Å². The van der Waals surface area contributed by atoms with Crippen molar-refractivity contribution in [3.05, 3.63) is 51.3 Å². The van der Waals surface area contributed by atoms with Crippen molar-refractivity contribution in [1.82, 2.24) is 20.2 Å². The van der Waals surface area contributed by atoms with Gasteiger partial charge >= 0.3 is 6.18 Å². The van der Waals surface area contributed by atoms with Gasteiger partial charge in [-0.05, 0) is 67.3 Å². The molecular weight excluding hydrogens is 550 g/mol. The molecule has 4 heterocycles. The van der Waals surface area contributed by atoms with Crippen molar-refractivity contribution in [2.45, 2.75) is 61.7 Å². The molecule has 12 heteroatoms. The highest BCUT2D eigenvalue weighted by Gasteiger charge is 2.39. The monoisotopic (exact) mass is 575 g/mol. The van der Waals surface area contributed by atoms with E-state index >= 15 is 4.39 Å². The summed E-state index contributed by atoms with van der Waals surface area (Å²) in [6, 6.07) is 3.85. The van der Waals surface area contributed by atoms with Crippen LogP contribution in [0.25, 0.3) is 10.6 Å². The van der Waals surface area contributed by atoms with Crippen molar-refractivity contribution >= 4 is 40.6 Å². The van der Waals surface area contributed by atoms with Gasteiger partial charge in [-0.2, -0.15) is 13.2 Å². The molecule has 204 valence electrons. The summed E-state index contributed by atoms with van der Waals surface area (Å²) in [5.41, 5.74) is 1.30. The first-order valence-corrected chi connectivity index (χ1v) is 14.9. The minimum Gasteiger partial charge on any atom is -0.334 e. The van der Waals surface area contributed by atoms with Gasteiger partial charge in [0.15, 0.2) is 5.82 Å². The summed E-state index contributed by atoms with van der Waals surface area (Å²) in [5.74, 6) is 0.273. The van der Waals surface area contributed by atoms with Crippen molar-refractivity contribution in [2.75, 3.05) is 24.2 Å². The summed E-state index contributed by atoms with van der Waals surface area (Å²) in [6.07, 6.45) is 0.370. The molecule has 7 rings (SSSR count). The molecule has 0 saturated heterocycles. The average Bonchev–Trinajstić information content (AvgIpc) is 3.84. The lowest BCUT2D eigenvalue weighted by Crippen LogP contribution is -2.33. The molecule has 0 bridgehead atoms. The number of nitrogens with zero attached hydrogens (tertiary/aromatic N) is 3. The molecule has 2 saturated carbocycles. The third-order valence-corrected chi connectivity index (χ3v) is 9.95. The van der Waals surface area contributed by atoms with Crippen LogP contribution < -0.4 is 10.6 Å². The molecule has 0 spiro atoms. The van der Waals surface area contributed by atoms with Crippen LogP contribution in [0.15, 0.2) is 23.2 Å². The van der Waals surface area contributed by atoms with Crippen LogP contribution in [0.5, 0.6) is 0 Å². The van der Waals surface area contributed by atoms with Gasteiger partial charge in [-0.3, -0.25) is 4.79 Å². The topological polar surface area (TPSA) is 70.1 Å². The zero-order chi connectivity index (χ0) is 26.9. The Morgan fingerprint density at radius 3 is 2.72 bits per heavy atom. The van der Waals surface area contributed by atoms with Gasteiger partial charge in [0.1, 0.15) is 10.4 Å². The standard InChI is InChI=1S/C27H25F4N5OS2/c28-21-16-5-6-32-11-14(16)9-17(13-1-2-13)22(21)34-26-33-12-18(27(29,30)31)23(35-26)19-10-20-24(39-19)25(37)36(7-8-38-20)15-3-4-15/h9-10,12-13,15,32H,1-8,11H2,(H,33,34,35). The number of amides is 1. The third-order valence-electron chi connectivity index (χ3n) is 7.67. The molecule has 2 aliphatic carbocycles. The number of thioether (sulfide) groups is 1. The van der Waals surface area contributed by atoms with E-state index in [9.17, 15) is 18.0 Å². The molecule has 1 aromatic carbocycles. The Labute approximate surface area is 230 Å². The van der Waals surface area contributed by atoms with Gasteiger partial charge < -0.3 is 15.5 Å². The van der Waals surface area contributed by atoms with E-state index in [4.69, 9.17) is 0 Å². The van der Waals surface area contributed by atoms with Crippen LogP contribution in [-0.4, -0.2) is 45.7 Å². The zero-order valence-electron chi connectivity index (χ0n) is 20.8. The van der Waals surface area contributed by atoms with Gasteiger partial charge in [0.2, 0.25) is 5.95 Å². The number of benzene rings is 1. The van der Waals surface area contributed by atoms with E-state index in [1.165, 1.54) is 11.8 Å². The maximum Gasteiger partial charge on any atom is 0.420 e. The number of hydrogen-bond donors (Lipinski definition) is 2. The third kappa shape index (κ3) is 4.70. The number of nitrogens with one attached hydrogen (secondary N) is 2. The number of fused-ring (bicyclic) bond motifs is 2. The summed E-state index contributed by atoms with van der Waals surface area (Å²) < 4.78 is 58.0. The maximum atomic E-state index is 15.8. The minimum absolute atomic E-state index is 0.102. The van der Waals surface area contributed by atoms with Crippen LogP contribution in [-0.2, 0) is 19.1 Å². The fourth-order valence-electron chi connectivity index (χ4n) is 5.39. The molecule has 0 unspecified atom stereocenters. The Morgan fingerprint density at radius 1 is 1.15 bits per heavy atom. The molecule has 2 aliphatic heterocycles. The second kappa shape index (κ2) is 9.45. The molecule has 4 aliphatic rings. The lowest BCUT2D eigenvalue weighted by molar-refractivity contribution is -0.137. The highest BCUT2D eigenvalue weighted by Crippen LogP contribution is 2.47. The van der Waals surface area contributed by atoms with Crippen LogP contribution in [0.4, 0.5) is 29.2 Å². The number of thiophene rings is 1. The first-order valence-electron chi connectivity index (χ1n) is 13.1. The van der Waals surface area contributed by atoms with Gasteiger partial charge in [-0.1, -0.05) is 6.07 Å². The molecule has 0 atom stereocenters. The van der Waals surface area contributed by atoms with E-state index in [0.29, 0.717) is 47.1 Å². The van der Waals surface area contributed by atoms with Crippen molar-refractivity contribution in [2.24, 2.45) is 0 Å². The predicted octanol–water partition coefficient (Wildman–Crippen LogP) is 6.34. The van der Waals surface area contributed by atoms with Crippen LogP contribution in [0.3, 0.4) is 0 Å². The average molecular weight is 576 g/mol. The Bertz CT molecular complexity index is 1480. The van der Waals surface area contributed by atoms with Crippen LogP contribution in [0, 0.1) is 5.82 Å². The number of hydrogen-bond acceptors (Lipinski definition) is 7. The summed E-state index contributed by atoms with van der Waals surface area (Å²) in [5, 5.41) is 6.21. The smallest absolute Gasteiger partial charge is 0.334 e. The summed E-state index contributed by atoms with van der Waals surface area (Å²) in [4.78, 5) is 24.7. The van der Waals surface area contributed by atoms with Crippen LogP contribution in [0.1, 0.15) is 63.5 Å². The Morgan fingerprint density at radius 2 is 1.97 bits per heavy atom. The molecule has 1 amide bonds. The molecular formula is C27H25F4N5OS2. The highest BCUT2D eigenvalue weighted by molar-refractivity contribution is 7.99. The lowest BCUT2D eigenvalue weighted by Gasteiger charge is -2.22. The van der Waals surface area contributed by atoms with Gasteiger partial charge in [-0.15, -0.1) is 23.1 Å². The number of carbonyl (C=O) groups is 1. The number of anilines is 2. The normalized spacial score (nSPS) is 19.5. The first-order chi connectivity index (χ1) is 18.8. The predicted molar refractivity (Wildman–Crippen MR) is 142 cm³/mol. The molecule has 2 aromatic heterocycles. The second-order valence-corrected chi connectivity index (χ2v) is 12.6. The molecule has 2 N–H and O–H groups in total. The zero-order valence-corrected chi connectivity index (χ0v) is 22.5. The van der Waals surface area contributed by atoms with E-state index in [2.05, 4.69) is 20.6 Å². The molecule has 6 nitrogen and oxygen atoms in total. The quantitative estimate of drug-likeness (QED) is 0.346. The van der Waals surface area contributed by atoms with Gasteiger partial charge in [0, 0.05) is 36.0 Å². The van der Waals surface area contributed by atoms with Gasteiger partial charge in [0.05, 0.1) is 16.3 Å². The minimum atomic E-state index is -4.70. The largest absolute Gasteiger partial charge is 0.420 e. The van der Waals surface area contributed by atoms with Crippen molar-refractivity contribution in [3.8, 4) is 10.6 Å². The van der Waals surface area contributed by atoms with E-state index in [1.54, 1.807) is 6.07 Å². The van der Waals surface area contributed by atoms with Crippen LogP contribution >= 0.6 is 23.1 Å². The highest BCUT2D eigenvalue weighted by atomic mass is 32.2. The van der Waals surface area contributed by atoms with Crippen molar-refractivity contribution < 1.29 is 22.4 Å². The molecule has 39 heavy (non-hydrogen) atoms. The van der Waals surface area contributed by atoms with Crippen LogP contribution in [0.2, 0.25) is 0 Å². The Hall–Kier alpha value is -2.70. The summed E-state index contributed by atoms with van der Waals surface area (Å²) >= 11 is 2.51. The number of carbonyl (C=O) groups excluding carboxylic acids is 1. The van der Waals surface area contributed by atoms with Crippen molar-refractivity contribution in [3.63, 3.8) is 0 Å². The fourth-order valence-corrected chi connectivity index (χ4v) is 7.71. The van der Waals surface area contributed by atoms with Gasteiger partial charge in [-0.25, -0.2) is 14.4 Å². The molecule has 2 fully saturated rings. The van der Waals surface area contributed by atoms with E-state index < -0.39 is 11.7 Å². The Kier molecular flexibility index (Phi) is 6.12. The number of rotatable bonds is 5. The van der Waals surface area contributed by atoms with E-state index in [1.807, 2.05) is 11.0 Å². The van der Waals surface area contributed by atoms with Gasteiger partial charge in [0.25, 0.3) is 5.91 Å². The number of alkyl halides is 3. The number of halogens is 4. The first kappa shape index (κ1) is 25.3. The Balaban J connectivity index is 1.29. The maximum absolute atomic E-state index is 15.8. The van der Waals surface area contributed by atoms with Crippen molar-refractivity contribution in [1.29, 1.82) is 0 Å². The fraction of sp³-hybridized carbons (Fsp3) is 0.444. The van der Waals surface area contributed by atoms with E-state index in [-0.39, 0.29) is 45.9 Å². The second-order valence-electron chi connectivity index (χ2n) is 10.5. The SMILES string of the molecule is O=C1c2sc(-c3nc(Nc4c(C5CC5)cc5c(c4F)CCNC5)ncc3C(F)(F)F)cc2SCCN1C1CC1. The number of aromatic nitrogens is 2. The lowest BCUT2D eigenvalue weighted by atomic mass is 9.94. The molecule has 0 radical (unpaired) electrons. The molecule has 3 aromatic rings. The summed E-state index contributed by atoms with van der Waals surface area (Å²) in [6.45, 7) is 1.88.